The van der Waals surface area contributed by atoms with E-state index in [-0.39, 0.29) is 23.6 Å². The predicted molar refractivity (Wildman–Crippen MR) is 67.6 cm³/mol. The van der Waals surface area contributed by atoms with Crippen LogP contribution in [-0.4, -0.2) is 21.8 Å². The molecule has 0 unspecified atom stereocenters. The zero-order valence-corrected chi connectivity index (χ0v) is 10.7. The van der Waals surface area contributed by atoms with Crippen LogP contribution in [0.15, 0.2) is 11.0 Å². The van der Waals surface area contributed by atoms with E-state index >= 15 is 0 Å². The number of H-pyrrole nitrogens is 1. The fourth-order valence-corrected chi connectivity index (χ4v) is 1.97. The van der Waals surface area contributed by atoms with Gasteiger partial charge in [-0.2, -0.15) is 0 Å². The number of hydrogen-bond acceptors (Lipinski definition) is 3. The summed E-state index contributed by atoms with van der Waals surface area (Å²) in [6.07, 6.45) is 1.66. The van der Waals surface area contributed by atoms with E-state index in [1.165, 1.54) is 11.8 Å². The van der Waals surface area contributed by atoms with Gasteiger partial charge in [0.05, 0.1) is 5.75 Å². The summed E-state index contributed by atoms with van der Waals surface area (Å²) in [4.78, 5) is 24.8. The number of aromatic nitrogens is 1. The van der Waals surface area contributed by atoms with Crippen molar-refractivity contribution in [1.29, 1.82) is 0 Å². The Morgan fingerprint density at radius 3 is 2.69 bits per heavy atom. The summed E-state index contributed by atoms with van der Waals surface area (Å²) < 4.78 is 0. The van der Waals surface area contributed by atoms with Gasteiger partial charge in [-0.15, -0.1) is 24.2 Å². The first-order valence-corrected chi connectivity index (χ1v) is 5.65. The number of pyridine rings is 1. The number of halogens is 1. The Morgan fingerprint density at radius 2 is 2.12 bits per heavy atom. The molecule has 0 radical (unpaired) electrons. The van der Waals surface area contributed by atoms with E-state index in [4.69, 9.17) is 5.11 Å². The van der Waals surface area contributed by atoms with Crippen LogP contribution in [0.3, 0.4) is 0 Å². The highest BCUT2D eigenvalue weighted by atomic mass is 35.5. The molecule has 1 aromatic heterocycles. The number of aromatic amines is 1. The maximum absolute atomic E-state index is 11.5. The summed E-state index contributed by atoms with van der Waals surface area (Å²) in [6, 6.07) is 0. The molecule has 0 bridgehead atoms. The van der Waals surface area contributed by atoms with Gasteiger partial charge in [0.25, 0.3) is 0 Å². The lowest BCUT2D eigenvalue weighted by molar-refractivity contribution is -0.133. The van der Waals surface area contributed by atoms with Crippen LogP contribution >= 0.6 is 24.2 Å². The van der Waals surface area contributed by atoms with Gasteiger partial charge in [-0.1, -0.05) is 0 Å². The molecule has 0 spiro atoms. The summed E-state index contributed by atoms with van der Waals surface area (Å²) >= 11 is 1.27. The Bertz CT molecular complexity index is 431. The molecule has 1 rings (SSSR count). The van der Waals surface area contributed by atoms with E-state index in [1.54, 1.807) is 20.0 Å². The minimum Gasteiger partial charge on any atom is -0.481 e. The Balaban J connectivity index is 0.00000225. The summed E-state index contributed by atoms with van der Waals surface area (Å²) in [5.41, 5.74) is 2.18. The number of carboxylic acid groups (broad SMARTS) is 1. The van der Waals surface area contributed by atoms with Gasteiger partial charge in [-0.25, -0.2) is 0 Å². The fourth-order valence-electron chi connectivity index (χ4n) is 1.19. The third-order valence-electron chi connectivity index (χ3n) is 2.09. The van der Waals surface area contributed by atoms with Gasteiger partial charge in [-0.05, 0) is 13.8 Å². The van der Waals surface area contributed by atoms with E-state index in [9.17, 15) is 9.59 Å². The Kier molecular flexibility index (Phi) is 6.21. The normalized spacial score (nSPS) is 9.62. The summed E-state index contributed by atoms with van der Waals surface area (Å²) in [5, 5.41) is 8.47. The molecule has 0 aliphatic carbocycles. The topological polar surface area (TPSA) is 70.2 Å². The van der Waals surface area contributed by atoms with Crippen LogP contribution in [0.1, 0.15) is 16.8 Å². The van der Waals surface area contributed by atoms with Gasteiger partial charge in [0, 0.05) is 28.8 Å². The van der Waals surface area contributed by atoms with Gasteiger partial charge in [0.1, 0.15) is 0 Å². The van der Waals surface area contributed by atoms with Crippen LogP contribution in [0.25, 0.3) is 0 Å². The van der Waals surface area contributed by atoms with Crippen LogP contribution in [0.4, 0.5) is 0 Å². The van der Waals surface area contributed by atoms with E-state index in [0.29, 0.717) is 16.9 Å². The maximum Gasteiger partial charge on any atom is 0.313 e. The van der Waals surface area contributed by atoms with Crippen LogP contribution in [0.2, 0.25) is 0 Å². The predicted octanol–water partition coefficient (Wildman–Crippen LogP) is 1.73. The summed E-state index contributed by atoms with van der Waals surface area (Å²) in [7, 11) is 0. The van der Waals surface area contributed by atoms with Gasteiger partial charge in [0.15, 0.2) is 5.43 Å². The number of aliphatic carboxylic acids is 1. The molecule has 0 fully saturated rings. The first-order chi connectivity index (χ1) is 7.02. The molecule has 0 amide bonds. The van der Waals surface area contributed by atoms with Crippen molar-refractivity contribution < 1.29 is 9.90 Å². The number of hydrogen-bond donors (Lipinski definition) is 2. The third-order valence-corrected chi connectivity index (χ3v) is 3.03. The zero-order valence-electron chi connectivity index (χ0n) is 9.07. The highest BCUT2D eigenvalue weighted by Crippen LogP contribution is 2.11. The Morgan fingerprint density at radius 1 is 1.50 bits per heavy atom. The molecule has 0 saturated heterocycles. The molecule has 0 aliphatic heterocycles. The van der Waals surface area contributed by atoms with E-state index in [2.05, 4.69) is 4.98 Å². The SMILES string of the molecule is Cc1c[nH]c(CSCC(=O)O)c(C)c1=O.Cl. The molecule has 0 saturated carbocycles. The molecular formula is C10H14ClNO3S. The monoisotopic (exact) mass is 263 g/mol. The molecule has 1 heterocycles. The van der Waals surface area contributed by atoms with Gasteiger partial charge < -0.3 is 10.1 Å². The highest BCUT2D eigenvalue weighted by Gasteiger charge is 2.05. The number of nitrogens with one attached hydrogen (secondary N) is 1. The minimum atomic E-state index is -0.841. The molecule has 0 aromatic carbocycles. The number of carbonyl (C=O) groups is 1. The number of aryl methyl sites for hydroxylation is 1. The highest BCUT2D eigenvalue weighted by molar-refractivity contribution is 7.99. The number of thioether (sulfide) groups is 1. The molecule has 0 aliphatic rings. The van der Waals surface area contributed by atoms with Crippen molar-refractivity contribution in [3.8, 4) is 0 Å². The van der Waals surface area contributed by atoms with Gasteiger partial charge in [-0.3, -0.25) is 9.59 Å². The largest absolute Gasteiger partial charge is 0.481 e. The Labute approximate surface area is 104 Å². The second kappa shape index (κ2) is 6.60. The lowest BCUT2D eigenvalue weighted by atomic mass is 10.2. The van der Waals surface area contributed by atoms with Crippen molar-refractivity contribution in [2.24, 2.45) is 0 Å². The van der Waals surface area contributed by atoms with E-state index in [0.717, 1.165) is 5.69 Å². The maximum atomic E-state index is 11.5. The molecule has 1 aromatic rings. The van der Waals surface area contributed by atoms with Crippen molar-refractivity contribution in [2.45, 2.75) is 19.6 Å². The summed E-state index contributed by atoms with van der Waals surface area (Å²) in [6.45, 7) is 3.50. The second-order valence-electron chi connectivity index (χ2n) is 3.29. The lowest BCUT2D eigenvalue weighted by Gasteiger charge is -2.05. The van der Waals surface area contributed by atoms with Gasteiger partial charge >= 0.3 is 5.97 Å². The van der Waals surface area contributed by atoms with Crippen molar-refractivity contribution in [3.63, 3.8) is 0 Å². The standard InChI is InChI=1S/C10H13NO3S.ClH/c1-6-3-11-8(7(2)10(6)14)4-15-5-9(12)13;/h3H,4-5H2,1-2H3,(H,11,14)(H,12,13);1H. The third kappa shape index (κ3) is 3.90. The average molecular weight is 264 g/mol. The lowest BCUT2D eigenvalue weighted by Crippen LogP contribution is -2.13. The van der Waals surface area contributed by atoms with Crippen molar-refractivity contribution in [2.75, 3.05) is 5.75 Å². The Hall–Kier alpha value is -0.940. The second-order valence-corrected chi connectivity index (χ2v) is 4.28. The first-order valence-electron chi connectivity index (χ1n) is 4.49. The van der Waals surface area contributed by atoms with E-state index < -0.39 is 5.97 Å². The van der Waals surface area contributed by atoms with Crippen LogP contribution in [0.5, 0.6) is 0 Å². The minimum absolute atomic E-state index is 0. The molecule has 6 heteroatoms. The number of carboxylic acids is 1. The van der Waals surface area contributed by atoms with Crippen LogP contribution < -0.4 is 5.43 Å². The van der Waals surface area contributed by atoms with Gasteiger partial charge in [0.2, 0.25) is 0 Å². The number of rotatable bonds is 4. The molecule has 0 atom stereocenters. The summed E-state index contributed by atoms with van der Waals surface area (Å²) in [5.74, 6) is -0.268. The molecule has 16 heavy (non-hydrogen) atoms. The van der Waals surface area contributed by atoms with Crippen molar-refractivity contribution >= 4 is 30.1 Å². The van der Waals surface area contributed by atoms with Crippen molar-refractivity contribution in [3.05, 3.63) is 33.2 Å². The van der Waals surface area contributed by atoms with Crippen molar-refractivity contribution in [1.82, 2.24) is 4.98 Å². The van der Waals surface area contributed by atoms with E-state index in [1.807, 2.05) is 0 Å². The fraction of sp³-hybridized carbons (Fsp3) is 0.400. The average Bonchev–Trinajstić information content (AvgIpc) is 2.18. The van der Waals surface area contributed by atoms with Crippen LogP contribution in [0, 0.1) is 13.8 Å². The quantitative estimate of drug-likeness (QED) is 0.868. The molecular weight excluding hydrogens is 250 g/mol. The van der Waals surface area contributed by atoms with Crippen LogP contribution in [-0.2, 0) is 10.5 Å². The molecule has 4 nitrogen and oxygen atoms in total. The molecule has 90 valence electrons. The first kappa shape index (κ1) is 15.1. The zero-order chi connectivity index (χ0) is 11.4. The smallest absolute Gasteiger partial charge is 0.313 e. The molecule has 2 N–H and O–H groups in total.